The van der Waals surface area contributed by atoms with Crippen LogP contribution in [0.25, 0.3) is 5.69 Å². The summed E-state index contributed by atoms with van der Waals surface area (Å²) in [5, 5.41) is 4.08. The molecule has 0 radical (unpaired) electrons. The van der Waals surface area contributed by atoms with E-state index >= 15 is 0 Å². The van der Waals surface area contributed by atoms with Gasteiger partial charge in [0.05, 0.1) is 5.69 Å². The van der Waals surface area contributed by atoms with E-state index in [4.69, 9.17) is 4.18 Å². The number of nitrogens with zero attached hydrogens (tertiary/aromatic N) is 2. The van der Waals surface area contributed by atoms with Gasteiger partial charge >= 0.3 is 10.1 Å². The molecule has 0 bridgehead atoms. The summed E-state index contributed by atoms with van der Waals surface area (Å²) in [7, 11) is -4.01. The van der Waals surface area contributed by atoms with E-state index in [1.54, 1.807) is 35.3 Å². The fourth-order valence-electron chi connectivity index (χ4n) is 2.02. The molecule has 0 N–H and O–H groups in total. The molecule has 0 fully saturated rings. The van der Waals surface area contributed by atoms with Crippen molar-refractivity contribution in [3.8, 4) is 11.4 Å². The maximum Gasteiger partial charge on any atom is 0.339 e. The Balaban J connectivity index is 1.84. The van der Waals surface area contributed by atoms with Crippen LogP contribution in [0.5, 0.6) is 5.75 Å². The van der Waals surface area contributed by atoms with Gasteiger partial charge in [-0.05, 0) is 61.0 Å². The maximum absolute atomic E-state index is 13.2. The fourth-order valence-corrected chi connectivity index (χ4v) is 3.04. The van der Waals surface area contributed by atoms with E-state index in [0.717, 1.165) is 11.8 Å². The van der Waals surface area contributed by atoms with E-state index < -0.39 is 15.9 Å². The molecule has 1 aromatic heterocycles. The van der Waals surface area contributed by atoms with Crippen molar-refractivity contribution in [3.05, 3.63) is 72.3 Å². The van der Waals surface area contributed by atoms with Crippen molar-refractivity contribution >= 4 is 10.1 Å². The first kappa shape index (κ1) is 15.2. The van der Waals surface area contributed by atoms with Gasteiger partial charge in [-0.15, -0.1) is 0 Å². The van der Waals surface area contributed by atoms with Crippen molar-refractivity contribution < 1.29 is 17.0 Å². The van der Waals surface area contributed by atoms with Gasteiger partial charge in [0.25, 0.3) is 0 Å². The molecular formula is C16H13FN2O3S. The highest BCUT2D eigenvalue weighted by molar-refractivity contribution is 7.87. The van der Waals surface area contributed by atoms with Crippen molar-refractivity contribution in [2.24, 2.45) is 0 Å². The van der Waals surface area contributed by atoms with E-state index in [1.807, 2.05) is 0 Å². The molecule has 0 aliphatic heterocycles. The average Bonchev–Trinajstić information content (AvgIpc) is 3.04. The van der Waals surface area contributed by atoms with Crippen LogP contribution in [0.15, 0.2) is 65.8 Å². The third-order valence-electron chi connectivity index (χ3n) is 3.23. The predicted molar refractivity (Wildman–Crippen MR) is 82.5 cm³/mol. The third kappa shape index (κ3) is 3.24. The topological polar surface area (TPSA) is 61.2 Å². The van der Waals surface area contributed by atoms with Gasteiger partial charge in [0.1, 0.15) is 16.5 Å². The minimum Gasteiger partial charge on any atom is -0.379 e. The highest BCUT2D eigenvalue weighted by Crippen LogP contribution is 2.21. The molecule has 0 unspecified atom stereocenters. The standard InChI is InChI=1S/C16H13FN2O3S/c1-12-11-15(7-8-16(12)17)23(20,21)22-14-5-3-13(4-6-14)19-10-2-9-18-19/h2-11H,1H3. The Hall–Kier alpha value is -2.67. The summed E-state index contributed by atoms with van der Waals surface area (Å²) in [6.07, 6.45) is 3.42. The monoisotopic (exact) mass is 332 g/mol. The lowest BCUT2D eigenvalue weighted by molar-refractivity contribution is 0.485. The first-order valence-corrected chi connectivity index (χ1v) is 8.17. The molecule has 0 saturated carbocycles. The number of aryl methyl sites for hydroxylation is 1. The van der Waals surface area contributed by atoms with Gasteiger partial charge in [-0.3, -0.25) is 0 Å². The molecular weight excluding hydrogens is 319 g/mol. The smallest absolute Gasteiger partial charge is 0.339 e. The Morgan fingerprint density at radius 2 is 1.87 bits per heavy atom. The second-order valence-corrected chi connectivity index (χ2v) is 6.44. The zero-order valence-corrected chi connectivity index (χ0v) is 13.0. The lowest BCUT2D eigenvalue weighted by atomic mass is 10.2. The van der Waals surface area contributed by atoms with E-state index in [1.165, 1.54) is 31.2 Å². The number of hydrogen-bond acceptors (Lipinski definition) is 4. The Morgan fingerprint density at radius 1 is 1.13 bits per heavy atom. The molecule has 5 nitrogen and oxygen atoms in total. The zero-order valence-electron chi connectivity index (χ0n) is 12.2. The summed E-state index contributed by atoms with van der Waals surface area (Å²) in [6, 6.07) is 11.7. The summed E-state index contributed by atoms with van der Waals surface area (Å²) in [6.45, 7) is 1.49. The largest absolute Gasteiger partial charge is 0.379 e. The first-order valence-electron chi connectivity index (χ1n) is 6.76. The second kappa shape index (κ2) is 5.85. The van der Waals surface area contributed by atoms with Gasteiger partial charge in [-0.1, -0.05) is 0 Å². The molecule has 3 rings (SSSR count). The van der Waals surface area contributed by atoms with Crippen LogP contribution in [-0.4, -0.2) is 18.2 Å². The number of benzene rings is 2. The van der Waals surface area contributed by atoms with Crippen molar-refractivity contribution in [2.75, 3.05) is 0 Å². The molecule has 3 aromatic rings. The van der Waals surface area contributed by atoms with Crippen molar-refractivity contribution in [1.29, 1.82) is 0 Å². The lowest BCUT2D eigenvalue weighted by Crippen LogP contribution is -2.10. The van der Waals surface area contributed by atoms with Crippen LogP contribution >= 0.6 is 0 Å². The highest BCUT2D eigenvalue weighted by atomic mass is 32.2. The maximum atomic E-state index is 13.2. The van der Waals surface area contributed by atoms with Crippen LogP contribution in [-0.2, 0) is 10.1 Å². The Labute approximate surface area is 133 Å². The normalized spacial score (nSPS) is 11.4. The first-order chi connectivity index (χ1) is 11.0. The summed E-state index contributed by atoms with van der Waals surface area (Å²) in [5.74, 6) is -0.296. The van der Waals surface area contributed by atoms with Gasteiger partial charge in [0.15, 0.2) is 0 Å². The van der Waals surface area contributed by atoms with E-state index in [9.17, 15) is 12.8 Å². The summed E-state index contributed by atoms with van der Waals surface area (Å²) >= 11 is 0. The quantitative estimate of drug-likeness (QED) is 0.689. The Morgan fingerprint density at radius 3 is 2.48 bits per heavy atom. The van der Waals surface area contributed by atoms with Crippen LogP contribution in [0.1, 0.15) is 5.56 Å². The molecule has 0 saturated heterocycles. The van der Waals surface area contributed by atoms with E-state index in [0.29, 0.717) is 0 Å². The SMILES string of the molecule is Cc1cc(S(=O)(=O)Oc2ccc(-n3cccn3)cc2)ccc1F. The van der Waals surface area contributed by atoms with Crippen molar-refractivity contribution in [3.63, 3.8) is 0 Å². The summed E-state index contributed by atoms with van der Waals surface area (Å²) in [5.41, 5.74) is 1.01. The number of rotatable bonds is 4. The molecule has 7 heteroatoms. The molecule has 0 atom stereocenters. The van der Waals surface area contributed by atoms with Crippen molar-refractivity contribution in [1.82, 2.24) is 9.78 Å². The van der Waals surface area contributed by atoms with E-state index in [2.05, 4.69) is 5.10 Å². The molecule has 2 aromatic carbocycles. The van der Waals surface area contributed by atoms with Crippen LogP contribution in [0.3, 0.4) is 0 Å². The second-order valence-electron chi connectivity index (χ2n) is 4.89. The minimum atomic E-state index is -4.01. The Kier molecular flexibility index (Phi) is 3.87. The average molecular weight is 332 g/mol. The van der Waals surface area contributed by atoms with Gasteiger partial charge in [0, 0.05) is 12.4 Å². The van der Waals surface area contributed by atoms with E-state index in [-0.39, 0.29) is 16.2 Å². The predicted octanol–water partition coefficient (Wildman–Crippen LogP) is 3.09. The Bertz CT molecular complexity index is 920. The molecule has 0 spiro atoms. The van der Waals surface area contributed by atoms with Gasteiger partial charge in [-0.25, -0.2) is 9.07 Å². The zero-order chi connectivity index (χ0) is 16.4. The van der Waals surface area contributed by atoms with Crippen LogP contribution < -0.4 is 4.18 Å². The molecule has 1 heterocycles. The van der Waals surface area contributed by atoms with Crippen molar-refractivity contribution in [2.45, 2.75) is 11.8 Å². The summed E-state index contributed by atoms with van der Waals surface area (Å²) < 4.78 is 44.4. The van der Waals surface area contributed by atoms with Crippen LogP contribution in [0.2, 0.25) is 0 Å². The molecule has 0 amide bonds. The fraction of sp³-hybridized carbons (Fsp3) is 0.0625. The van der Waals surface area contributed by atoms with Crippen LogP contribution in [0.4, 0.5) is 4.39 Å². The van der Waals surface area contributed by atoms with Crippen LogP contribution in [0, 0.1) is 12.7 Å². The molecule has 0 aliphatic carbocycles. The molecule has 118 valence electrons. The molecule has 0 aliphatic rings. The molecule has 23 heavy (non-hydrogen) atoms. The van der Waals surface area contributed by atoms with Gasteiger partial charge < -0.3 is 4.18 Å². The number of aromatic nitrogens is 2. The number of halogens is 1. The highest BCUT2D eigenvalue weighted by Gasteiger charge is 2.17. The van der Waals surface area contributed by atoms with Gasteiger partial charge in [0.2, 0.25) is 0 Å². The third-order valence-corrected chi connectivity index (χ3v) is 4.47. The van der Waals surface area contributed by atoms with Gasteiger partial charge in [-0.2, -0.15) is 13.5 Å². The lowest BCUT2D eigenvalue weighted by Gasteiger charge is -2.09. The number of hydrogen-bond donors (Lipinski definition) is 0. The summed E-state index contributed by atoms with van der Waals surface area (Å²) in [4.78, 5) is -0.0902. The minimum absolute atomic E-state index is 0.0902.